The molecule has 1 aliphatic rings. The van der Waals surface area contributed by atoms with E-state index in [1.807, 2.05) is 6.92 Å². The standard InChI is InChI=1S/C13H17BrClNO3S/c1-10-9-16(5-2-6-19-10)20(17,18)13-4-3-11(8-15)7-12(13)14/h3-4,7,10H,2,5-6,8-9H2,1H3. The zero-order valence-corrected chi connectivity index (χ0v) is 14.3. The highest BCUT2D eigenvalue weighted by molar-refractivity contribution is 9.10. The maximum Gasteiger partial charge on any atom is 0.244 e. The number of hydrogen-bond donors (Lipinski definition) is 0. The maximum atomic E-state index is 12.7. The van der Waals surface area contributed by atoms with Crippen LogP contribution in [-0.4, -0.2) is 38.5 Å². The van der Waals surface area contributed by atoms with Gasteiger partial charge in [0.1, 0.15) is 0 Å². The normalized spacial score (nSPS) is 21.6. The van der Waals surface area contributed by atoms with Crippen molar-refractivity contribution in [3.05, 3.63) is 28.2 Å². The number of hydrogen-bond acceptors (Lipinski definition) is 3. The van der Waals surface area contributed by atoms with E-state index in [1.54, 1.807) is 18.2 Å². The summed E-state index contributed by atoms with van der Waals surface area (Å²) in [6.07, 6.45) is 0.620. The number of nitrogens with zero attached hydrogens (tertiary/aromatic N) is 1. The third-order valence-corrected chi connectivity index (χ3v) is 6.33. The molecule has 0 saturated carbocycles. The predicted molar refractivity (Wildman–Crippen MR) is 82.5 cm³/mol. The van der Waals surface area contributed by atoms with E-state index < -0.39 is 10.0 Å². The molecular weight excluding hydrogens is 366 g/mol. The van der Waals surface area contributed by atoms with Gasteiger partial charge in [0, 0.05) is 30.0 Å². The summed E-state index contributed by atoms with van der Waals surface area (Å²) in [5, 5.41) is 0. The molecular formula is C13H17BrClNO3S. The first-order valence-electron chi connectivity index (χ1n) is 6.41. The molecule has 0 bridgehead atoms. The molecule has 0 radical (unpaired) electrons. The van der Waals surface area contributed by atoms with Gasteiger partial charge in [-0.15, -0.1) is 11.6 Å². The van der Waals surface area contributed by atoms with Gasteiger partial charge in [-0.25, -0.2) is 8.42 Å². The van der Waals surface area contributed by atoms with Crippen LogP contribution in [-0.2, 0) is 20.6 Å². The van der Waals surface area contributed by atoms with Crippen molar-refractivity contribution in [2.24, 2.45) is 0 Å². The molecule has 7 heteroatoms. The summed E-state index contributed by atoms with van der Waals surface area (Å²) in [7, 11) is -3.51. The molecule has 1 atom stereocenters. The van der Waals surface area contributed by atoms with Crippen LogP contribution < -0.4 is 0 Å². The van der Waals surface area contributed by atoms with E-state index in [4.69, 9.17) is 16.3 Å². The second-order valence-electron chi connectivity index (χ2n) is 4.80. The first-order valence-corrected chi connectivity index (χ1v) is 9.18. The smallest absolute Gasteiger partial charge is 0.244 e. The zero-order valence-electron chi connectivity index (χ0n) is 11.2. The van der Waals surface area contributed by atoms with E-state index in [2.05, 4.69) is 15.9 Å². The van der Waals surface area contributed by atoms with Gasteiger partial charge in [0.2, 0.25) is 10.0 Å². The molecule has 0 amide bonds. The molecule has 0 aliphatic carbocycles. The minimum Gasteiger partial charge on any atom is -0.377 e. The third kappa shape index (κ3) is 3.54. The molecule has 1 aromatic rings. The maximum absolute atomic E-state index is 12.7. The van der Waals surface area contributed by atoms with Crippen molar-refractivity contribution in [2.75, 3.05) is 19.7 Å². The van der Waals surface area contributed by atoms with Gasteiger partial charge < -0.3 is 4.74 Å². The van der Waals surface area contributed by atoms with Crippen LogP contribution >= 0.6 is 27.5 Å². The van der Waals surface area contributed by atoms with Gasteiger partial charge in [-0.2, -0.15) is 4.31 Å². The third-order valence-electron chi connectivity index (χ3n) is 3.18. The number of ether oxygens (including phenoxy) is 1. The fraction of sp³-hybridized carbons (Fsp3) is 0.538. The first kappa shape index (κ1) is 16.2. The Hall–Kier alpha value is -0.140. The number of sulfonamides is 1. The average Bonchev–Trinajstić information content (AvgIpc) is 2.63. The van der Waals surface area contributed by atoms with Crippen LogP contribution in [0.4, 0.5) is 0 Å². The molecule has 1 unspecified atom stereocenters. The fourth-order valence-electron chi connectivity index (χ4n) is 2.15. The summed E-state index contributed by atoms with van der Waals surface area (Å²) >= 11 is 9.09. The number of benzene rings is 1. The molecule has 2 rings (SSSR count). The Morgan fingerprint density at radius 2 is 2.25 bits per heavy atom. The quantitative estimate of drug-likeness (QED) is 0.755. The Bertz CT molecular complexity index is 579. The van der Waals surface area contributed by atoms with E-state index in [0.29, 0.717) is 36.5 Å². The van der Waals surface area contributed by atoms with Gasteiger partial charge in [-0.05, 0) is 47.0 Å². The first-order chi connectivity index (χ1) is 9.45. The van der Waals surface area contributed by atoms with Gasteiger partial charge >= 0.3 is 0 Å². The van der Waals surface area contributed by atoms with Gasteiger partial charge in [-0.3, -0.25) is 0 Å². The van der Waals surface area contributed by atoms with Gasteiger partial charge in [0.05, 0.1) is 11.0 Å². The van der Waals surface area contributed by atoms with Crippen LogP contribution in [0.1, 0.15) is 18.9 Å². The van der Waals surface area contributed by atoms with Gasteiger partial charge in [0.15, 0.2) is 0 Å². The monoisotopic (exact) mass is 381 g/mol. The lowest BCUT2D eigenvalue weighted by Gasteiger charge is -2.22. The Balaban J connectivity index is 2.34. The SMILES string of the molecule is CC1CN(S(=O)(=O)c2ccc(CCl)cc2Br)CCCO1. The van der Waals surface area contributed by atoms with Crippen LogP contribution in [0.5, 0.6) is 0 Å². The fourth-order valence-corrected chi connectivity index (χ4v) is 4.96. The van der Waals surface area contributed by atoms with Crippen LogP contribution in [0, 0.1) is 0 Å². The Kier molecular flexibility index (Phi) is 5.48. The number of halogens is 2. The summed E-state index contributed by atoms with van der Waals surface area (Å²) in [6.45, 7) is 3.35. The van der Waals surface area contributed by atoms with E-state index in [0.717, 1.165) is 5.56 Å². The zero-order chi connectivity index (χ0) is 14.8. The highest BCUT2D eigenvalue weighted by Crippen LogP contribution is 2.27. The highest BCUT2D eigenvalue weighted by Gasteiger charge is 2.29. The van der Waals surface area contributed by atoms with E-state index in [9.17, 15) is 8.42 Å². The lowest BCUT2D eigenvalue weighted by atomic mass is 10.2. The van der Waals surface area contributed by atoms with Crippen LogP contribution in [0.2, 0.25) is 0 Å². The van der Waals surface area contributed by atoms with Crippen LogP contribution in [0.25, 0.3) is 0 Å². The lowest BCUT2D eigenvalue weighted by molar-refractivity contribution is 0.0752. The van der Waals surface area contributed by atoms with Crippen molar-refractivity contribution in [1.29, 1.82) is 0 Å². The van der Waals surface area contributed by atoms with Crippen molar-refractivity contribution < 1.29 is 13.2 Å². The molecule has 0 spiro atoms. The Morgan fingerprint density at radius 3 is 2.90 bits per heavy atom. The largest absolute Gasteiger partial charge is 0.377 e. The molecule has 1 fully saturated rings. The Labute approximate surface area is 133 Å². The van der Waals surface area contributed by atoms with Gasteiger partial charge in [0.25, 0.3) is 0 Å². The van der Waals surface area contributed by atoms with Crippen LogP contribution in [0.15, 0.2) is 27.6 Å². The second kappa shape index (κ2) is 6.75. The topological polar surface area (TPSA) is 46.6 Å². The van der Waals surface area contributed by atoms with Crippen molar-refractivity contribution >= 4 is 37.6 Å². The number of rotatable bonds is 3. The molecule has 1 saturated heterocycles. The lowest BCUT2D eigenvalue weighted by Crippen LogP contribution is -2.36. The van der Waals surface area contributed by atoms with Crippen molar-refractivity contribution in [3.63, 3.8) is 0 Å². The van der Waals surface area contributed by atoms with E-state index in [1.165, 1.54) is 4.31 Å². The molecule has 1 aliphatic heterocycles. The predicted octanol–water partition coefficient (Wildman–Crippen LogP) is 2.99. The Morgan fingerprint density at radius 1 is 1.50 bits per heavy atom. The summed E-state index contributed by atoms with van der Waals surface area (Å²) in [6, 6.07) is 5.09. The summed E-state index contributed by atoms with van der Waals surface area (Å²) in [5.41, 5.74) is 0.880. The molecule has 1 heterocycles. The number of alkyl halides is 1. The molecule has 4 nitrogen and oxygen atoms in total. The van der Waals surface area contributed by atoms with Gasteiger partial charge in [-0.1, -0.05) is 6.07 Å². The minimum atomic E-state index is -3.51. The molecule has 0 aromatic heterocycles. The molecule has 112 valence electrons. The van der Waals surface area contributed by atoms with E-state index >= 15 is 0 Å². The highest BCUT2D eigenvalue weighted by atomic mass is 79.9. The molecule has 20 heavy (non-hydrogen) atoms. The molecule has 1 aromatic carbocycles. The summed E-state index contributed by atoms with van der Waals surface area (Å²) < 4.78 is 33.0. The average molecular weight is 383 g/mol. The second-order valence-corrected chi connectivity index (χ2v) is 7.82. The summed E-state index contributed by atoms with van der Waals surface area (Å²) in [5.74, 6) is 0.355. The van der Waals surface area contributed by atoms with Crippen molar-refractivity contribution in [2.45, 2.75) is 30.2 Å². The van der Waals surface area contributed by atoms with Crippen molar-refractivity contribution in [3.8, 4) is 0 Å². The molecule has 0 N–H and O–H groups in total. The minimum absolute atomic E-state index is 0.0897. The summed E-state index contributed by atoms with van der Waals surface area (Å²) in [4.78, 5) is 0.278. The van der Waals surface area contributed by atoms with Crippen molar-refractivity contribution in [1.82, 2.24) is 4.31 Å². The van der Waals surface area contributed by atoms with E-state index in [-0.39, 0.29) is 11.0 Å². The van der Waals surface area contributed by atoms with Crippen LogP contribution in [0.3, 0.4) is 0 Å².